The minimum absolute atomic E-state index is 0. The zero-order valence-corrected chi connectivity index (χ0v) is 18.0. The Balaban J connectivity index is 0.000000337. The van der Waals surface area contributed by atoms with E-state index in [0.29, 0.717) is 23.6 Å². The van der Waals surface area contributed by atoms with Gasteiger partial charge >= 0.3 is 12.1 Å². The molecule has 3 saturated heterocycles. The second kappa shape index (κ2) is 9.79. The molecule has 0 aliphatic carbocycles. The summed E-state index contributed by atoms with van der Waals surface area (Å²) in [5.74, 6) is -1.67. The number of carboxylic acid groups (broad SMARTS) is 1. The van der Waals surface area contributed by atoms with Crippen LogP contribution >= 0.6 is 12.4 Å². The normalized spacial score (nSPS) is 25.1. The maximum Gasteiger partial charge on any atom is 0.490 e. The van der Waals surface area contributed by atoms with E-state index in [2.05, 4.69) is 30.5 Å². The van der Waals surface area contributed by atoms with E-state index in [9.17, 15) is 18.0 Å². The third kappa shape index (κ3) is 5.63. The summed E-state index contributed by atoms with van der Waals surface area (Å²) >= 11 is 0. The van der Waals surface area contributed by atoms with Gasteiger partial charge in [-0.1, -0.05) is 0 Å². The zero-order valence-electron chi connectivity index (χ0n) is 17.2. The minimum atomic E-state index is -5.08. The Morgan fingerprint density at radius 2 is 2.00 bits per heavy atom. The molecule has 4 aliphatic rings. The van der Waals surface area contributed by atoms with Gasteiger partial charge in [-0.05, 0) is 50.1 Å². The third-order valence-electron chi connectivity index (χ3n) is 5.69. The number of guanidine groups is 1. The lowest BCUT2D eigenvalue weighted by Crippen LogP contribution is -2.58. The molecule has 33 heavy (non-hydrogen) atoms. The van der Waals surface area contributed by atoms with Crippen molar-refractivity contribution < 1.29 is 27.9 Å². The number of carboxylic acids is 1. The van der Waals surface area contributed by atoms with E-state index in [0.717, 1.165) is 23.1 Å². The number of fused-ring (bicyclic) bond motifs is 4. The van der Waals surface area contributed by atoms with Crippen LogP contribution in [0.15, 0.2) is 35.2 Å². The molecule has 4 aliphatic heterocycles. The Labute approximate surface area is 192 Å². The highest BCUT2D eigenvalue weighted by Crippen LogP contribution is 2.28. The number of pyridine rings is 1. The van der Waals surface area contributed by atoms with Crippen LogP contribution in [-0.2, 0) is 9.59 Å². The molecule has 1 atom stereocenters. The number of alkyl halides is 3. The first kappa shape index (κ1) is 24.5. The van der Waals surface area contributed by atoms with E-state index < -0.39 is 12.1 Å². The van der Waals surface area contributed by atoms with Gasteiger partial charge in [0.15, 0.2) is 0 Å². The Kier molecular flexibility index (Phi) is 7.28. The lowest BCUT2D eigenvalue weighted by atomic mass is 9.84. The van der Waals surface area contributed by atoms with E-state index >= 15 is 0 Å². The van der Waals surface area contributed by atoms with Gasteiger partial charge in [0.05, 0.1) is 0 Å². The Morgan fingerprint density at radius 3 is 2.61 bits per heavy atom. The van der Waals surface area contributed by atoms with Crippen molar-refractivity contribution >= 4 is 47.4 Å². The number of carbonyl (C=O) groups excluding carboxylic acids is 1. The van der Waals surface area contributed by atoms with Gasteiger partial charge in [0.2, 0.25) is 5.96 Å². The SMILES string of the molecule is Cl.O=C(O)C(F)(F)F.O=C1NC(N[C@@H]2CN3CCC2CC3)=NC1=Cc1c[nH]c2ncccc12. The van der Waals surface area contributed by atoms with Crippen LogP contribution in [0.4, 0.5) is 13.2 Å². The number of aromatic amines is 1. The molecule has 6 heterocycles. The summed E-state index contributed by atoms with van der Waals surface area (Å²) < 4.78 is 31.7. The number of hydrogen-bond acceptors (Lipinski definition) is 6. The molecule has 0 aromatic carbocycles. The fourth-order valence-electron chi connectivity index (χ4n) is 4.08. The number of nitrogens with one attached hydrogen (secondary N) is 3. The van der Waals surface area contributed by atoms with Crippen LogP contribution in [-0.4, -0.2) is 69.7 Å². The summed E-state index contributed by atoms with van der Waals surface area (Å²) in [5, 5.41) is 14.4. The van der Waals surface area contributed by atoms with Gasteiger partial charge < -0.3 is 20.3 Å². The fraction of sp³-hybridized carbons (Fsp3) is 0.400. The topological polar surface area (TPSA) is 123 Å². The van der Waals surface area contributed by atoms with Crippen LogP contribution < -0.4 is 10.6 Å². The molecule has 0 unspecified atom stereocenters. The van der Waals surface area contributed by atoms with Gasteiger partial charge in [-0.2, -0.15) is 13.2 Å². The largest absolute Gasteiger partial charge is 0.490 e. The smallest absolute Gasteiger partial charge is 0.475 e. The minimum Gasteiger partial charge on any atom is -0.475 e. The number of piperidine rings is 3. The predicted molar refractivity (Wildman–Crippen MR) is 117 cm³/mol. The summed E-state index contributed by atoms with van der Waals surface area (Å²) in [7, 11) is 0. The molecule has 6 rings (SSSR count). The highest BCUT2D eigenvalue weighted by Gasteiger charge is 2.38. The molecule has 4 N–H and O–H groups in total. The first-order chi connectivity index (χ1) is 15.2. The molecule has 178 valence electrons. The quantitative estimate of drug-likeness (QED) is 0.482. The van der Waals surface area contributed by atoms with Crippen LogP contribution in [0.2, 0.25) is 0 Å². The zero-order chi connectivity index (χ0) is 22.9. The number of halogens is 4. The van der Waals surface area contributed by atoms with Crippen LogP contribution in [0.5, 0.6) is 0 Å². The maximum atomic E-state index is 12.3. The molecule has 2 bridgehead atoms. The van der Waals surface area contributed by atoms with E-state index in [1.807, 2.05) is 18.3 Å². The van der Waals surface area contributed by atoms with Gasteiger partial charge in [-0.25, -0.2) is 14.8 Å². The van der Waals surface area contributed by atoms with Crippen LogP contribution in [0.3, 0.4) is 0 Å². The van der Waals surface area contributed by atoms with E-state index in [-0.39, 0.29) is 18.3 Å². The van der Waals surface area contributed by atoms with Crippen molar-refractivity contribution in [3.05, 3.63) is 35.8 Å². The average Bonchev–Trinajstić information content (AvgIpc) is 3.32. The second-order valence-electron chi connectivity index (χ2n) is 7.78. The van der Waals surface area contributed by atoms with Crippen molar-refractivity contribution in [3.63, 3.8) is 0 Å². The highest BCUT2D eigenvalue weighted by atomic mass is 35.5. The first-order valence-electron chi connectivity index (χ1n) is 10.0. The molecule has 2 aromatic rings. The summed E-state index contributed by atoms with van der Waals surface area (Å²) in [6.45, 7) is 3.43. The fourth-order valence-corrected chi connectivity index (χ4v) is 4.08. The van der Waals surface area contributed by atoms with E-state index in [4.69, 9.17) is 9.90 Å². The van der Waals surface area contributed by atoms with Crippen LogP contribution in [0.1, 0.15) is 18.4 Å². The summed E-state index contributed by atoms with van der Waals surface area (Å²) in [6, 6.07) is 4.24. The number of aliphatic carboxylic acids is 1. The molecular formula is C20H22ClF3N6O3. The number of hydrogen-bond donors (Lipinski definition) is 4. The summed E-state index contributed by atoms with van der Waals surface area (Å²) in [4.78, 5) is 35.5. The molecular weight excluding hydrogens is 465 g/mol. The molecule has 1 amide bonds. The summed E-state index contributed by atoms with van der Waals surface area (Å²) in [6.07, 6.45) is 2.77. The molecule has 3 fully saturated rings. The molecule has 2 aromatic heterocycles. The predicted octanol–water partition coefficient (Wildman–Crippen LogP) is 2.13. The first-order valence-corrected chi connectivity index (χ1v) is 10.0. The van der Waals surface area contributed by atoms with Gasteiger partial charge in [0.25, 0.3) is 5.91 Å². The van der Waals surface area contributed by atoms with Gasteiger partial charge in [0.1, 0.15) is 11.3 Å². The summed E-state index contributed by atoms with van der Waals surface area (Å²) in [5.41, 5.74) is 2.15. The second-order valence-corrected chi connectivity index (χ2v) is 7.78. The van der Waals surface area contributed by atoms with Gasteiger partial charge in [-0.15, -0.1) is 12.4 Å². The number of rotatable bonds is 2. The van der Waals surface area contributed by atoms with Gasteiger partial charge in [0, 0.05) is 35.9 Å². The van der Waals surface area contributed by atoms with E-state index in [1.165, 1.54) is 25.9 Å². The molecule has 0 spiro atoms. The average molecular weight is 487 g/mol. The van der Waals surface area contributed by atoms with Crippen LogP contribution in [0.25, 0.3) is 17.1 Å². The lowest BCUT2D eigenvalue weighted by Gasteiger charge is -2.45. The number of amides is 1. The number of aliphatic imine (C=N–C) groups is 1. The van der Waals surface area contributed by atoms with Crippen molar-refractivity contribution in [2.24, 2.45) is 10.9 Å². The molecule has 0 saturated carbocycles. The van der Waals surface area contributed by atoms with Crippen molar-refractivity contribution in [1.82, 2.24) is 25.5 Å². The van der Waals surface area contributed by atoms with Crippen molar-refractivity contribution in [3.8, 4) is 0 Å². The molecule has 9 nitrogen and oxygen atoms in total. The number of aromatic nitrogens is 2. The van der Waals surface area contributed by atoms with E-state index in [1.54, 1.807) is 12.3 Å². The molecule has 0 radical (unpaired) electrons. The van der Waals surface area contributed by atoms with Crippen molar-refractivity contribution in [1.29, 1.82) is 0 Å². The maximum absolute atomic E-state index is 12.3. The Bertz CT molecular complexity index is 1090. The van der Waals surface area contributed by atoms with Crippen molar-refractivity contribution in [2.75, 3.05) is 19.6 Å². The third-order valence-corrected chi connectivity index (χ3v) is 5.69. The monoisotopic (exact) mass is 486 g/mol. The lowest BCUT2D eigenvalue weighted by molar-refractivity contribution is -0.192. The van der Waals surface area contributed by atoms with Crippen molar-refractivity contribution in [2.45, 2.75) is 25.1 Å². The highest BCUT2D eigenvalue weighted by molar-refractivity contribution is 6.14. The van der Waals surface area contributed by atoms with Crippen LogP contribution in [0, 0.1) is 5.92 Å². The number of nitrogens with zero attached hydrogens (tertiary/aromatic N) is 3. The number of carbonyl (C=O) groups is 2. The Hall–Kier alpha value is -3.12. The molecule has 13 heteroatoms. The standard InChI is InChI=1S/C18H20N6O.C2HF3O2.ClH/c25-17-14(8-12-9-20-16-13(12)2-1-5-19-16)21-18(23-17)22-15-10-24-6-3-11(15)4-7-24;3-2(4,5)1(6)7;/h1-2,5,8-9,11,15H,3-4,6-7,10H2,(H,19,20)(H2,21,22,23,25);(H,6,7);1H/t15-;;/m1../s1. The Morgan fingerprint density at radius 1 is 1.30 bits per heavy atom. The number of H-pyrrole nitrogens is 1. The van der Waals surface area contributed by atoms with Gasteiger partial charge in [-0.3, -0.25) is 10.1 Å².